The van der Waals surface area contributed by atoms with Gasteiger partial charge in [0.2, 0.25) is 5.91 Å². The summed E-state index contributed by atoms with van der Waals surface area (Å²) < 4.78 is 10.5. The number of fused-ring (bicyclic) bond motifs is 2. The van der Waals surface area contributed by atoms with Crippen molar-refractivity contribution >= 4 is 35.0 Å². The van der Waals surface area contributed by atoms with E-state index < -0.39 is 17.1 Å². The van der Waals surface area contributed by atoms with Gasteiger partial charge in [-0.05, 0) is 24.1 Å². The number of allylic oxidation sites excluding steroid dienone is 1. The van der Waals surface area contributed by atoms with E-state index in [9.17, 15) is 14.4 Å². The van der Waals surface area contributed by atoms with Gasteiger partial charge in [-0.3, -0.25) is 9.59 Å². The number of carbonyl (C=O) groups is 3. The monoisotopic (exact) mass is 347 g/mol. The Morgan fingerprint density at radius 2 is 2.17 bits per heavy atom. The fraction of sp³-hybridized carbons (Fsp3) is 0.353. The fourth-order valence-corrected chi connectivity index (χ4v) is 4.10. The molecule has 1 aromatic rings. The lowest BCUT2D eigenvalue weighted by atomic mass is 9.99. The number of amides is 1. The third-order valence-corrected chi connectivity index (χ3v) is 5.19. The summed E-state index contributed by atoms with van der Waals surface area (Å²) in [6.07, 6.45) is 0.463. The highest BCUT2D eigenvalue weighted by molar-refractivity contribution is 8.01. The molecule has 0 fully saturated rings. The van der Waals surface area contributed by atoms with Crippen molar-refractivity contribution in [3.05, 3.63) is 34.9 Å². The van der Waals surface area contributed by atoms with E-state index in [4.69, 9.17) is 15.2 Å². The number of thioether (sulfide) groups is 1. The van der Waals surface area contributed by atoms with Crippen molar-refractivity contribution in [2.75, 3.05) is 19.0 Å². The largest absolute Gasteiger partial charge is 0.481 e. The quantitative estimate of drug-likeness (QED) is 0.802. The summed E-state index contributed by atoms with van der Waals surface area (Å²) in [6, 6.07) is 5.41. The zero-order valence-corrected chi connectivity index (χ0v) is 14.0. The first-order valence-electron chi connectivity index (χ1n) is 7.60. The number of carbonyl (C=O) groups excluding carboxylic acids is 3. The number of ketones is 1. The van der Waals surface area contributed by atoms with Gasteiger partial charge >= 0.3 is 5.97 Å². The van der Waals surface area contributed by atoms with E-state index in [1.165, 1.54) is 11.8 Å². The molecule has 1 aliphatic carbocycles. The first-order chi connectivity index (χ1) is 11.5. The van der Waals surface area contributed by atoms with Crippen molar-refractivity contribution in [3.8, 4) is 5.75 Å². The molecule has 1 aromatic carbocycles. The summed E-state index contributed by atoms with van der Waals surface area (Å²) in [5.74, 6) is -0.220. The van der Waals surface area contributed by atoms with E-state index >= 15 is 0 Å². The zero-order valence-electron chi connectivity index (χ0n) is 13.2. The smallest absolute Gasteiger partial charge is 0.344 e. The van der Waals surface area contributed by atoms with Crippen LogP contribution in [0.25, 0.3) is 5.57 Å². The van der Waals surface area contributed by atoms with Crippen LogP contribution in [0.2, 0.25) is 0 Å². The molecule has 0 aromatic heterocycles. The fourth-order valence-electron chi connectivity index (χ4n) is 3.02. The highest BCUT2D eigenvalue weighted by Gasteiger charge is 2.39. The zero-order chi connectivity index (χ0) is 17.3. The molecule has 3 rings (SSSR count). The molecule has 1 heterocycles. The number of rotatable bonds is 5. The van der Waals surface area contributed by atoms with Gasteiger partial charge in [-0.25, -0.2) is 4.79 Å². The van der Waals surface area contributed by atoms with Crippen LogP contribution in [0.1, 0.15) is 18.1 Å². The molecule has 2 N–H and O–H groups in total. The SMILES string of the molecule is CCOC(=O)COc1cccc2c1C1=C(C2)C(=O)CSC1C(N)=O. The highest BCUT2D eigenvalue weighted by atomic mass is 32.2. The number of nitrogens with two attached hydrogens (primary N) is 1. The number of ether oxygens (including phenoxy) is 2. The topological polar surface area (TPSA) is 95.7 Å². The minimum atomic E-state index is -0.578. The Morgan fingerprint density at radius 3 is 2.88 bits per heavy atom. The van der Waals surface area contributed by atoms with E-state index in [1.54, 1.807) is 19.1 Å². The third kappa shape index (κ3) is 2.91. The molecule has 1 atom stereocenters. The molecule has 1 aliphatic heterocycles. The lowest BCUT2D eigenvalue weighted by Crippen LogP contribution is -2.32. The number of esters is 1. The van der Waals surface area contributed by atoms with Crippen molar-refractivity contribution < 1.29 is 23.9 Å². The van der Waals surface area contributed by atoms with Crippen LogP contribution in [0.15, 0.2) is 23.8 Å². The summed E-state index contributed by atoms with van der Waals surface area (Å²) in [4.78, 5) is 35.6. The minimum absolute atomic E-state index is 0.0139. The molecule has 2 aliphatic rings. The summed E-state index contributed by atoms with van der Waals surface area (Å²) in [7, 11) is 0. The molecule has 0 saturated heterocycles. The molecular formula is C17H17NO5S. The van der Waals surface area contributed by atoms with Crippen molar-refractivity contribution in [1.82, 2.24) is 0 Å². The van der Waals surface area contributed by atoms with Crippen LogP contribution < -0.4 is 10.5 Å². The van der Waals surface area contributed by atoms with Crippen molar-refractivity contribution in [1.29, 1.82) is 0 Å². The average molecular weight is 347 g/mol. The number of Topliss-reactive ketones (excluding diaryl/α,β-unsaturated/α-hetero) is 1. The van der Waals surface area contributed by atoms with Gasteiger partial charge in [-0.1, -0.05) is 12.1 Å². The van der Waals surface area contributed by atoms with Gasteiger partial charge < -0.3 is 15.2 Å². The lowest BCUT2D eigenvalue weighted by molar-refractivity contribution is -0.145. The van der Waals surface area contributed by atoms with Crippen LogP contribution in [-0.4, -0.2) is 41.9 Å². The van der Waals surface area contributed by atoms with E-state index in [1.807, 2.05) is 6.07 Å². The van der Waals surface area contributed by atoms with Gasteiger partial charge in [0.15, 0.2) is 12.4 Å². The second kappa shape index (κ2) is 6.68. The van der Waals surface area contributed by atoms with Crippen LogP contribution >= 0.6 is 11.8 Å². The summed E-state index contributed by atoms with van der Waals surface area (Å²) in [5, 5.41) is -0.578. The molecule has 0 spiro atoms. The van der Waals surface area contributed by atoms with Crippen LogP contribution in [0.5, 0.6) is 5.75 Å². The lowest BCUT2D eigenvalue weighted by Gasteiger charge is -2.22. The number of primary amides is 1. The molecule has 0 radical (unpaired) electrons. The maximum absolute atomic E-state index is 12.2. The Kier molecular flexibility index (Phi) is 4.62. The van der Waals surface area contributed by atoms with Crippen molar-refractivity contribution in [3.63, 3.8) is 0 Å². The molecule has 0 saturated carbocycles. The van der Waals surface area contributed by atoms with Crippen LogP contribution in [0.4, 0.5) is 0 Å². The maximum atomic E-state index is 12.2. The molecule has 7 heteroatoms. The van der Waals surface area contributed by atoms with Gasteiger partial charge in [0, 0.05) is 17.6 Å². The Hall–Kier alpha value is -2.28. The molecule has 126 valence electrons. The van der Waals surface area contributed by atoms with Crippen LogP contribution in [0.3, 0.4) is 0 Å². The van der Waals surface area contributed by atoms with Gasteiger partial charge in [-0.15, -0.1) is 11.8 Å². The number of hydrogen-bond acceptors (Lipinski definition) is 6. The number of hydrogen-bond donors (Lipinski definition) is 1. The molecule has 0 bridgehead atoms. The Bertz CT molecular complexity index is 755. The first-order valence-corrected chi connectivity index (χ1v) is 8.65. The second-order valence-corrected chi connectivity index (χ2v) is 6.56. The molecule has 1 unspecified atom stereocenters. The Labute approximate surface area is 143 Å². The highest BCUT2D eigenvalue weighted by Crippen LogP contribution is 2.46. The average Bonchev–Trinajstić information content (AvgIpc) is 2.94. The number of benzene rings is 1. The summed E-state index contributed by atoms with van der Waals surface area (Å²) in [6.45, 7) is 1.77. The first kappa shape index (κ1) is 16.6. The minimum Gasteiger partial charge on any atom is -0.481 e. The summed E-state index contributed by atoms with van der Waals surface area (Å²) in [5.41, 5.74) is 8.39. The van der Waals surface area contributed by atoms with Gasteiger partial charge in [0.1, 0.15) is 11.0 Å². The van der Waals surface area contributed by atoms with E-state index in [-0.39, 0.29) is 24.7 Å². The Morgan fingerprint density at radius 1 is 1.38 bits per heavy atom. The predicted molar refractivity (Wildman–Crippen MR) is 89.6 cm³/mol. The molecule has 24 heavy (non-hydrogen) atoms. The van der Waals surface area contributed by atoms with E-state index in [0.717, 1.165) is 5.56 Å². The normalized spacial score (nSPS) is 18.9. The third-order valence-electron chi connectivity index (χ3n) is 3.96. The predicted octanol–water partition coefficient (Wildman–Crippen LogP) is 1.11. The van der Waals surface area contributed by atoms with E-state index in [0.29, 0.717) is 28.9 Å². The van der Waals surface area contributed by atoms with Crippen molar-refractivity contribution in [2.45, 2.75) is 18.6 Å². The maximum Gasteiger partial charge on any atom is 0.344 e. The van der Waals surface area contributed by atoms with Gasteiger partial charge in [0.05, 0.1) is 12.4 Å². The standard InChI is InChI=1S/C17H17NO5S/c1-2-22-13(20)7-23-12-5-3-4-9-6-10-11(19)8-24-16(17(18)21)15(10)14(9)12/h3-5,16H,2,6-8H2,1H3,(H2,18,21). The van der Waals surface area contributed by atoms with Crippen LogP contribution in [-0.2, 0) is 25.5 Å². The van der Waals surface area contributed by atoms with Gasteiger partial charge in [0.25, 0.3) is 0 Å². The summed E-state index contributed by atoms with van der Waals surface area (Å²) >= 11 is 1.23. The van der Waals surface area contributed by atoms with Crippen LogP contribution in [0, 0.1) is 0 Å². The van der Waals surface area contributed by atoms with E-state index in [2.05, 4.69) is 0 Å². The molecule has 1 amide bonds. The van der Waals surface area contributed by atoms with Crippen molar-refractivity contribution in [2.24, 2.45) is 5.73 Å². The molecular weight excluding hydrogens is 330 g/mol. The molecule has 6 nitrogen and oxygen atoms in total. The second-order valence-electron chi connectivity index (χ2n) is 5.47. The van der Waals surface area contributed by atoms with Gasteiger partial charge in [-0.2, -0.15) is 0 Å². The Balaban J connectivity index is 1.97.